The molecule has 32 heavy (non-hydrogen) atoms. The average Bonchev–Trinajstić information content (AvgIpc) is 2.60. The average molecular weight is 464 g/mol. The summed E-state index contributed by atoms with van der Waals surface area (Å²) in [7, 11) is 1.69. The van der Waals surface area contributed by atoms with Gasteiger partial charge in [0.15, 0.2) is 0 Å². The summed E-state index contributed by atoms with van der Waals surface area (Å²) in [6, 6.07) is 0. The Morgan fingerprint density at radius 1 is 0.750 bits per heavy atom. The van der Waals surface area contributed by atoms with Gasteiger partial charge in [0.25, 0.3) is 0 Å². The van der Waals surface area contributed by atoms with E-state index >= 15 is 0 Å². The highest BCUT2D eigenvalue weighted by Crippen LogP contribution is 2.22. The van der Waals surface area contributed by atoms with Gasteiger partial charge in [0.2, 0.25) is 0 Å². The van der Waals surface area contributed by atoms with Gasteiger partial charge in [0.05, 0.1) is 37.1 Å². The summed E-state index contributed by atoms with van der Waals surface area (Å²) in [4.78, 5) is 0. The monoisotopic (exact) mass is 463 g/mol. The molecule has 0 aliphatic carbocycles. The first-order valence-corrected chi connectivity index (χ1v) is 11.8. The normalized spacial score (nSPS) is 15.8. The van der Waals surface area contributed by atoms with Crippen molar-refractivity contribution in [3.63, 3.8) is 0 Å². The predicted molar refractivity (Wildman–Crippen MR) is 131 cm³/mol. The van der Waals surface area contributed by atoms with E-state index < -0.39 is 5.60 Å². The third-order valence-electron chi connectivity index (χ3n) is 5.30. The van der Waals surface area contributed by atoms with Crippen molar-refractivity contribution in [1.82, 2.24) is 0 Å². The van der Waals surface area contributed by atoms with Crippen LogP contribution in [0, 0.1) is 0 Å². The summed E-state index contributed by atoms with van der Waals surface area (Å²) < 4.78 is 29.8. The topological polar surface area (TPSA) is 124 Å². The summed E-state index contributed by atoms with van der Waals surface area (Å²) in [6.07, 6.45) is 1.88. The van der Waals surface area contributed by atoms with Gasteiger partial charge in [-0.2, -0.15) is 0 Å². The van der Waals surface area contributed by atoms with E-state index in [-0.39, 0.29) is 28.9 Å². The lowest BCUT2D eigenvalue weighted by Crippen LogP contribution is -2.46. The van der Waals surface area contributed by atoms with Gasteiger partial charge in [-0.1, -0.05) is 0 Å². The van der Waals surface area contributed by atoms with Crippen molar-refractivity contribution in [3.8, 4) is 0 Å². The fraction of sp³-hybridized carbons (Fsp3) is 1.00. The number of methoxy groups -OCH3 is 1. The van der Waals surface area contributed by atoms with Gasteiger partial charge in [0, 0.05) is 44.4 Å². The van der Waals surface area contributed by atoms with E-state index in [1.54, 1.807) is 7.11 Å². The molecule has 0 saturated carbocycles. The van der Waals surface area contributed by atoms with Crippen molar-refractivity contribution in [2.24, 2.45) is 17.2 Å². The molecular formula is C24H53N3O5. The molecule has 2 atom stereocenters. The zero-order valence-corrected chi connectivity index (χ0v) is 22.3. The zero-order chi connectivity index (χ0) is 25.1. The summed E-state index contributed by atoms with van der Waals surface area (Å²) >= 11 is 0. The van der Waals surface area contributed by atoms with Crippen LogP contribution in [0.25, 0.3) is 0 Å². The molecule has 194 valence electrons. The van der Waals surface area contributed by atoms with E-state index in [2.05, 4.69) is 13.8 Å². The van der Waals surface area contributed by atoms with Gasteiger partial charge >= 0.3 is 0 Å². The van der Waals surface area contributed by atoms with E-state index in [0.717, 1.165) is 12.8 Å². The quantitative estimate of drug-likeness (QED) is 0.267. The first-order chi connectivity index (χ1) is 14.5. The molecule has 0 heterocycles. The predicted octanol–water partition coefficient (Wildman–Crippen LogP) is 2.60. The second-order valence-electron chi connectivity index (χ2n) is 11.3. The fourth-order valence-electron chi connectivity index (χ4n) is 3.04. The van der Waals surface area contributed by atoms with E-state index in [0.29, 0.717) is 46.0 Å². The lowest BCUT2D eigenvalue weighted by molar-refractivity contribution is -0.156. The van der Waals surface area contributed by atoms with E-state index in [9.17, 15) is 0 Å². The Kier molecular flexibility index (Phi) is 14.0. The van der Waals surface area contributed by atoms with Crippen LogP contribution in [0.2, 0.25) is 0 Å². The van der Waals surface area contributed by atoms with Crippen molar-refractivity contribution in [3.05, 3.63) is 0 Å². The lowest BCUT2D eigenvalue weighted by atomic mass is 9.99. The highest BCUT2D eigenvalue weighted by Gasteiger charge is 2.33. The standard InChI is InChI=1S/C24H53N3O5/c1-21(2,26)10-13-31-23(5,6)16-19(28-9)17-29-18-20(30-15-12-25)24(7,8)32-14-11-22(3,4)27/h19-20H,10-18,25-27H2,1-9H3. The SMILES string of the molecule is COC(COCC(OCCN)C(C)(C)OCCC(C)(C)N)CC(C)(C)OCCC(C)(C)N. The van der Waals surface area contributed by atoms with Crippen LogP contribution in [0.5, 0.6) is 0 Å². The van der Waals surface area contributed by atoms with Crippen LogP contribution < -0.4 is 17.2 Å². The van der Waals surface area contributed by atoms with Crippen molar-refractivity contribution < 1.29 is 23.7 Å². The maximum atomic E-state index is 6.11. The second-order valence-corrected chi connectivity index (χ2v) is 11.3. The van der Waals surface area contributed by atoms with Crippen LogP contribution in [-0.2, 0) is 23.7 Å². The number of rotatable bonds is 19. The van der Waals surface area contributed by atoms with Crippen molar-refractivity contribution in [2.75, 3.05) is 46.7 Å². The maximum absolute atomic E-state index is 6.11. The van der Waals surface area contributed by atoms with E-state index in [4.69, 9.17) is 40.9 Å². The van der Waals surface area contributed by atoms with Gasteiger partial charge in [-0.25, -0.2) is 0 Å². The minimum atomic E-state index is -0.541. The molecule has 6 N–H and O–H groups in total. The van der Waals surface area contributed by atoms with Gasteiger partial charge in [-0.05, 0) is 68.2 Å². The minimum absolute atomic E-state index is 0.104. The van der Waals surface area contributed by atoms with Crippen LogP contribution in [-0.4, -0.2) is 81.2 Å². The summed E-state index contributed by atoms with van der Waals surface area (Å²) in [5.41, 5.74) is 16.4. The summed E-state index contributed by atoms with van der Waals surface area (Å²) in [6.45, 7) is 18.9. The maximum Gasteiger partial charge on any atom is 0.109 e. The molecule has 0 aromatic carbocycles. The molecule has 0 radical (unpaired) electrons. The Labute approximate surface area is 197 Å². The first kappa shape index (κ1) is 31.7. The summed E-state index contributed by atoms with van der Waals surface area (Å²) in [5, 5.41) is 0. The number of ether oxygens (including phenoxy) is 5. The molecule has 0 rings (SSSR count). The van der Waals surface area contributed by atoms with Crippen LogP contribution >= 0.6 is 0 Å². The van der Waals surface area contributed by atoms with Crippen molar-refractivity contribution in [2.45, 2.75) is 109 Å². The first-order valence-electron chi connectivity index (χ1n) is 11.8. The lowest BCUT2D eigenvalue weighted by Gasteiger charge is -2.35. The molecule has 0 aliphatic heterocycles. The molecule has 0 spiro atoms. The van der Waals surface area contributed by atoms with Gasteiger partial charge < -0.3 is 40.9 Å². The van der Waals surface area contributed by atoms with Crippen molar-refractivity contribution >= 4 is 0 Å². The molecule has 0 bridgehead atoms. The van der Waals surface area contributed by atoms with Gasteiger partial charge in [-0.15, -0.1) is 0 Å². The molecule has 0 aromatic rings. The van der Waals surface area contributed by atoms with Gasteiger partial charge in [-0.3, -0.25) is 0 Å². The Bertz CT molecular complexity index is 487. The highest BCUT2D eigenvalue weighted by atomic mass is 16.6. The minimum Gasteiger partial charge on any atom is -0.379 e. The van der Waals surface area contributed by atoms with E-state index in [1.165, 1.54) is 0 Å². The molecule has 0 aliphatic rings. The largest absolute Gasteiger partial charge is 0.379 e. The van der Waals surface area contributed by atoms with Crippen LogP contribution in [0.1, 0.15) is 74.7 Å². The molecule has 2 unspecified atom stereocenters. The molecule has 0 saturated heterocycles. The third-order valence-corrected chi connectivity index (χ3v) is 5.30. The number of nitrogens with two attached hydrogens (primary N) is 3. The Morgan fingerprint density at radius 2 is 1.28 bits per heavy atom. The third kappa shape index (κ3) is 16.3. The Morgan fingerprint density at radius 3 is 1.75 bits per heavy atom. The fourth-order valence-corrected chi connectivity index (χ4v) is 3.04. The Balaban J connectivity index is 4.71. The molecule has 0 fully saturated rings. The highest BCUT2D eigenvalue weighted by molar-refractivity contribution is 4.83. The molecule has 8 heteroatoms. The summed E-state index contributed by atoms with van der Waals surface area (Å²) in [5.74, 6) is 0. The second kappa shape index (κ2) is 14.2. The molecule has 0 amide bonds. The molecule has 0 aromatic heterocycles. The number of hydrogen-bond acceptors (Lipinski definition) is 8. The smallest absolute Gasteiger partial charge is 0.109 e. The zero-order valence-electron chi connectivity index (χ0n) is 22.3. The van der Waals surface area contributed by atoms with E-state index in [1.807, 2.05) is 41.5 Å². The van der Waals surface area contributed by atoms with Crippen LogP contribution in [0.4, 0.5) is 0 Å². The van der Waals surface area contributed by atoms with Crippen LogP contribution in [0.15, 0.2) is 0 Å². The number of hydrogen-bond donors (Lipinski definition) is 3. The van der Waals surface area contributed by atoms with Gasteiger partial charge in [0.1, 0.15) is 6.10 Å². The molecular weight excluding hydrogens is 410 g/mol. The molecule has 8 nitrogen and oxygen atoms in total. The Hall–Kier alpha value is -0.320. The van der Waals surface area contributed by atoms with Crippen molar-refractivity contribution in [1.29, 1.82) is 0 Å². The van der Waals surface area contributed by atoms with Crippen LogP contribution in [0.3, 0.4) is 0 Å².